The van der Waals surface area contributed by atoms with Crippen molar-refractivity contribution in [2.24, 2.45) is 5.92 Å². The number of benzene rings is 3. The Kier molecular flexibility index (Phi) is 7.51. The summed E-state index contributed by atoms with van der Waals surface area (Å²) in [7, 11) is 1.58. The number of aromatic nitrogens is 1. The van der Waals surface area contributed by atoms with Crippen LogP contribution in [0.5, 0.6) is 5.75 Å². The first-order valence-electron chi connectivity index (χ1n) is 13.2. The van der Waals surface area contributed by atoms with Gasteiger partial charge in [-0.2, -0.15) is 0 Å². The molecular weight excluding hydrogens is 507 g/mol. The van der Waals surface area contributed by atoms with Crippen molar-refractivity contribution < 1.29 is 18.7 Å². The van der Waals surface area contributed by atoms with Crippen molar-refractivity contribution in [2.75, 3.05) is 19.3 Å². The maximum atomic E-state index is 13.6. The van der Waals surface area contributed by atoms with Gasteiger partial charge in [0.1, 0.15) is 23.6 Å². The van der Waals surface area contributed by atoms with Crippen molar-refractivity contribution in [3.63, 3.8) is 0 Å². The molecule has 5 rings (SSSR count). The van der Waals surface area contributed by atoms with Crippen LogP contribution in [0.4, 0.5) is 10.1 Å². The third-order valence-electron chi connectivity index (χ3n) is 6.97. The van der Waals surface area contributed by atoms with Gasteiger partial charge < -0.3 is 21.1 Å². The zero-order valence-electron chi connectivity index (χ0n) is 22.6. The Hall–Kier alpha value is -4.72. The number of rotatable bonds is 7. The second kappa shape index (κ2) is 11.2. The number of fused-ring (bicyclic) bond motifs is 1. The van der Waals surface area contributed by atoms with E-state index in [2.05, 4.69) is 15.6 Å². The Morgan fingerprint density at radius 1 is 0.975 bits per heavy atom. The molecule has 0 bridgehead atoms. The topological polar surface area (TPSA) is 106 Å². The van der Waals surface area contributed by atoms with Gasteiger partial charge in [-0.05, 0) is 64.6 Å². The highest BCUT2D eigenvalue weighted by Crippen LogP contribution is 2.47. The lowest BCUT2D eigenvalue weighted by molar-refractivity contribution is -0.123. The third kappa shape index (κ3) is 5.38. The highest BCUT2D eigenvalue weighted by Gasteiger charge is 2.40. The number of nitrogen functional groups attached to an aromatic ring is 1. The SMILES string of the molecule is CNC(=O)C1c2cc(-c3ccc(-c4cncc(N)c4)c(C(=O)NCC(C)C)c3)ccc2OC1c1ccc(F)cc1. The van der Waals surface area contributed by atoms with Crippen molar-refractivity contribution in [1.82, 2.24) is 15.6 Å². The summed E-state index contributed by atoms with van der Waals surface area (Å²) in [6, 6.07) is 19.1. The van der Waals surface area contributed by atoms with Crippen LogP contribution in [0.25, 0.3) is 22.3 Å². The highest BCUT2D eigenvalue weighted by molar-refractivity contribution is 6.02. The Balaban J connectivity index is 1.56. The summed E-state index contributed by atoms with van der Waals surface area (Å²) < 4.78 is 19.8. The molecule has 7 nitrogen and oxygen atoms in total. The van der Waals surface area contributed by atoms with Crippen LogP contribution in [0.15, 0.2) is 79.1 Å². The van der Waals surface area contributed by atoms with E-state index >= 15 is 0 Å². The predicted octanol–water partition coefficient (Wildman–Crippen LogP) is 5.49. The first-order chi connectivity index (χ1) is 19.2. The second-order valence-corrected chi connectivity index (χ2v) is 10.3. The summed E-state index contributed by atoms with van der Waals surface area (Å²) >= 11 is 0. The summed E-state index contributed by atoms with van der Waals surface area (Å²) in [5.74, 6) is -0.512. The van der Waals surface area contributed by atoms with Crippen LogP contribution < -0.4 is 21.1 Å². The quantitative estimate of drug-likeness (QED) is 0.289. The number of likely N-dealkylation sites (N-methyl/N-ethyl adjacent to an activating group) is 1. The summed E-state index contributed by atoms with van der Waals surface area (Å²) in [5, 5.41) is 5.74. The van der Waals surface area contributed by atoms with Crippen molar-refractivity contribution in [3.05, 3.63) is 102 Å². The maximum Gasteiger partial charge on any atom is 0.251 e. The van der Waals surface area contributed by atoms with Gasteiger partial charge in [0.25, 0.3) is 5.91 Å². The average Bonchev–Trinajstić information content (AvgIpc) is 3.34. The predicted molar refractivity (Wildman–Crippen MR) is 153 cm³/mol. The molecule has 3 aromatic carbocycles. The van der Waals surface area contributed by atoms with Crippen LogP contribution in [0.2, 0.25) is 0 Å². The molecule has 2 unspecified atom stereocenters. The third-order valence-corrected chi connectivity index (χ3v) is 6.97. The molecule has 4 aromatic rings. The molecule has 0 spiro atoms. The van der Waals surface area contributed by atoms with Gasteiger partial charge in [0.05, 0.1) is 5.69 Å². The van der Waals surface area contributed by atoms with Gasteiger partial charge in [-0.15, -0.1) is 0 Å². The van der Waals surface area contributed by atoms with E-state index < -0.39 is 12.0 Å². The number of carbonyl (C=O) groups is 2. The largest absolute Gasteiger partial charge is 0.484 e. The Bertz CT molecular complexity index is 1570. The number of halogens is 1. The number of nitrogens with two attached hydrogens (primary N) is 1. The van der Waals surface area contributed by atoms with Gasteiger partial charge in [0.15, 0.2) is 0 Å². The molecule has 1 aliphatic rings. The lowest BCUT2D eigenvalue weighted by Crippen LogP contribution is -2.28. The van der Waals surface area contributed by atoms with Crippen LogP contribution in [0, 0.1) is 11.7 Å². The van der Waals surface area contributed by atoms with Crippen LogP contribution in [-0.2, 0) is 4.79 Å². The van der Waals surface area contributed by atoms with E-state index in [-0.39, 0.29) is 23.5 Å². The molecule has 0 saturated carbocycles. The Morgan fingerprint density at radius 2 is 1.70 bits per heavy atom. The zero-order chi connectivity index (χ0) is 28.4. The highest BCUT2D eigenvalue weighted by atomic mass is 19.1. The summed E-state index contributed by atoms with van der Waals surface area (Å²) in [6.45, 7) is 4.61. The minimum Gasteiger partial charge on any atom is -0.484 e. The minimum absolute atomic E-state index is 0.197. The summed E-state index contributed by atoms with van der Waals surface area (Å²) in [5.41, 5.74) is 11.5. The number of nitrogens with one attached hydrogen (secondary N) is 2. The molecule has 40 heavy (non-hydrogen) atoms. The van der Waals surface area contributed by atoms with E-state index in [9.17, 15) is 14.0 Å². The number of anilines is 1. The Morgan fingerprint density at radius 3 is 2.40 bits per heavy atom. The molecule has 0 radical (unpaired) electrons. The first-order valence-corrected chi connectivity index (χ1v) is 13.2. The normalized spacial score (nSPS) is 15.8. The van der Waals surface area contributed by atoms with Crippen molar-refractivity contribution in [2.45, 2.75) is 25.9 Å². The fourth-order valence-electron chi connectivity index (χ4n) is 4.95. The van der Waals surface area contributed by atoms with Crippen LogP contribution in [0.3, 0.4) is 0 Å². The zero-order valence-corrected chi connectivity index (χ0v) is 22.6. The van der Waals surface area contributed by atoms with Gasteiger partial charge in [0, 0.05) is 42.7 Å². The molecule has 1 aliphatic heterocycles. The van der Waals surface area contributed by atoms with Gasteiger partial charge in [-0.25, -0.2) is 4.39 Å². The van der Waals surface area contributed by atoms with Gasteiger partial charge in [-0.1, -0.05) is 44.2 Å². The minimum atomic E-state index is -0.628. The van der Waals surface area contributed by atoms with Crippen LogP contribution >= 0.6 is 0 Å². The first kappa shape index (κ1) is 26.9. The lowest BCUT2D eigenvalue weighted by atomic mass is 9.88. The lowest BCUT2D eigenvalue weighted by Gasteiger charge is -2.18. The second-order valence-electron chi connectivity index (χ2n) is 10.3. The van der Waals surface area contributed by atoms with Crippen molar-refractivity contribution in [1.29, 1.82) is 0 Å². The molecule has 1 aromatic heterocycles. The number of nitrogens with zero attached hydrogens (tertiary/aromatic N) is 1. The number of hydrogen-bond donors (Lipinski definition) is 3. The average molecular weight is 539 g/mol. The molecule has 204 valence electrons. The molecule has 4 N–H and O–H groups in total. The molecule has 0 fully saturated rings. The number of ether oxygens (including phenoxy) is 1. The summed E-state index contributed by atoms with van der Waals surface area (Å²) in [4.78, 5) is 30.6. The van der Waals surface area contributed by atoms with E-state index in [4.69, 9.17) is 10.5 Å². The van der Waals surface area contributed by atoms with Crippen molar-refractivity contribution >= 4 is 17.5 Å². The molecule has 2 heterocycles. The molecule has 0 aliphatic carbocycles. The monoisotopic (exact) mass is 538 g/mol. The van der Waals surface area contributed by atoms with Crippen LogP contribution in [0.1, 0.15) is 47.4 Å². The molecule has 0 saturated heterocycles. The number of amides is 2. The fourth-order valence-corrected chi connectivity index (χ4v) is 4.95. The van der Waals surface area contributed by atoms with E-state index in [1.165, 1.54) is 12.1 Å². The molecule has 2 atom stereocenters. The number of carbonyl (C=O) groups excluding carboxylic acids is 2. The number of pyridine rings is 1. The maximum absolute atomic E-state index is 13.6. The molecular formula is C32H31FN4O3. The van der Waals surface area contributed by atoms with E-state index in [1.54, 1.807) is 37.6 Å². The summed E-state index contributed by atoms with van der Waals surface area (Å²) in [6.07, 6.45) is 2.65. The standard InChI is InChI=1S/C32H31FN4O3/c1-18(2)15-37-31(38)26-13-20(6-10-25(26)22-12-24(34)17-36-16-22)21-7-11-28-27(14-21)29(32(39)35-3)30(40-28)19-4-8-23(33)9-5-19/h4-14,16-18,29-30H,15,34H2,1-3H3,(H,35,39)(H,37,38). The molecule has 8 heteroatoms. The van der Waals surface area contributed by atoms with E-state index in [0.29, 0.717) is 34.7 Å². The number of hydrogen-bond acceptors (Lipinski definition) is 5. The van der Waals surface area contributed by atoms with Crippen molar-refractivity contribution in [3.8, 4) is 28.0 Å². The fraction of sp³-hybridized carbons (Fsp3) is 0.219. The van der Waals surface area contributed by atoms with Crippen LogP contribution in [-0.4, -0.2) is 30.4 Å². The van der Waals surface area contributed by atoms with Gasteiger partial charge in [0.2, 0.25) is 5.91 Å². The smallest absolute Gasteiger partial charge is 0.251 e. The van der Waals surface area contributed by atoms with Gasteiger partial charge >= 0.3 is 0 Å². The molecule has 2 amide bonds. The van der Waals surface area contributed by atoms with E-state index in [1.807, 2.05) is 50.2 Å². The van der Waals surface area contributed by atoms with E-state index in [0.717, 1.165) is 22.3 Å². The Labute approximate surface area is 232 Å². The van der Waals surface area contributed by atoms with Gasteiger partial charge in [-0.3, -0.25) is 14.6 Å².